The van der Waals surface area contributed by atoms with Crippen molar-refractivity contribution in [2.45, 2.75) is 32.7 Å². The number of benzene rings is 2. The van der Waals surface area contributed by atoms with Crippen LogP contribution < -0.4 is 15.7 Å². The normalized spacial score (nSPS) is 14.0. The number of nitrogens with two attached hydrogens (primary N) is 1. The van der Waals surface area contributed by atoms with Gasteiger partial charge in [0.25, 0.3) is 14.9 Å². The summed E-state index contributed by atoms with van der Waals surface area (Å²) in [7, 11) is -1.96. The lowest BCUT2D eigenvalue weighted by molar-refractivity contribution is -0.117. The van der Waals surface area contributed by atoms with Crippen molar-refractivity contribution in [3.8, 4) is 27.5 Å². The molecule has 14 heteroatoms. The number of carbonyl (C=O) groups excluding carboxylic acids is 2. The van der Waals surface area contributed by atoms with Crippen molar-refractivity contribution in [2.24, 2.45) is 5.73 Å². The number of pyridine rings is 1. The van der Waals surface area contributed by atoms with Gasteiger partial charge in [0, 0.05) is 34.8 Å². The van der Waals surface area contributed by atoms with E-state index in [1.54, 1.807) is 22.9 Å². The van der Waals surface area contributed by atoms with Crippen molar-refractivity contribution in [3.63, 3.8) is 0 Å². The van der Waals surface area contributed by atoms with Crippen molar-refractivity contribution < 1.29 is 22.9 Å². The molecular formula is C31H24F2N7O3SSi. The molecule has 0 bridgehead atoms. The Labute approximate surface area is 260 Å². The van der Waals surface area contributed by atoms with Crippen molar-refractivity contribution in [3.05, 3.63) is 88.9 Å². The number of rotatable bonds is 6. The summed E-state index contributed by atoms with van der Waals surface area (Å²) in [5.74, 6) is -2.12. The lowest BCUT2D eigenvalue weighted by atomic mass is 10.0. The molecule has 225 valence electrons. The molecule has 1 fully saturated rings. The van der Waals surface area contributed by atoms with E-state index in [4.69, 9.17) is 20.2 Å². The number of nitrogens with zero attached hydrogens (tertiary/aromatic N) is 6. The van der Waals surface area contributed by atoms with E-state index in [2.05, 4.69) is 10.1 Å². The van der Waals surface area contributed by atoms with Gasteiger partial charge in [0.2, 0.25) is 5.91 Å². The summed E-state index contributed by atoms with van der Waals surface area (Å²) in [4.78, 5) is 39.1. The highest BCUT2D eigenvalue weighted by molar-refractivity contribution is 7.12. The second-order valence-corrected chi connectivity index (χ2v) is 13.7. The molecule has 6 aromatic rings. The molecule has 2 aromatic carbocycles. The fraction of sp³-hybridized carbons (Fsp3) is 0.161. The largest absolute Gasteiger partial charge is 0.364 e. The summed E-state index contributed by atoms with van der Waals surface area (Å²) >= 11 is 1.39. The molecule has 5 heterocycles. The summed E-state index contributed by atoms with van der Waals surface area (Å²) < 4.78 is 37.3. The van der Waals surface area contributed by atoms with Crippen molar-refractivity contribution in [1.82, 2.24) is 24.7 Å². The second-order valence-electron chi connectivity index (χ2n) is 10.6. The average Bonchev–Trinajstić information content (AvgIpc) is 3.75. The molecule has 0 unspecified atom stereocenters. The standard InChI is InChI=1S/C31H24F2N7O3SSi/c1-16-28(17(2)43-38-16)18-6-10-26-24(12-18)37-31(45-11-3-4-27(41)40(45)20-7-8-21(32)22(33)13-20)39(26)30-36-25(15-44-30)19-5-9-23(29(34)42)35-14-19/h5-10,12-15H,3-4,11H2,1-2H3,(H2,34,42). The molecule has 1 aliphatic heterocycles. The van der Waals surface area contributed by atoms with Crippen LogP contribution in [-0.4, -0.2) is 45.4 Å². The van der Waals surface area contributed by atoms with Crippen LogP contribution in [0.2, 0.25) is 6.04 Å². The van der Waals surface area contributed by atoms with Gasteiger partial charge >= 0.3 is 0 Å². The van der Waals surface area contributed by atoms with Gasteiger partial charge in [0.05, 0.1) is 22.4 Å². The number of hydrogen-bond donors (Lipinski definition) is 1. The summed E-state index contributed by atoms with van der Waals surface area (Å²) in [5, 5.41) is 6.57. The van der Waals surface area contributed by atoms with Gasteiger partial charge < -0.3 is 14.8 Å². The average molecular weight is 641 g/mol. The van der Waals surface area contributed by atoms with Gasteiger partial charge in [0.1, 0.15) is 16.9 Å². The van der Waals surface area contributed by atoms with Gasteiger partial charge in [-0.25, -0.2) is 18.7 Å². The minimum atomic E-state index is -1.96. The number of aryl methyl sites for hydroxylation is 2. The first kappa shape index (κ1) is 28.7. The zero-order valence-corrected chi connectivity index (χ0v) is 25.9. The predicted molar refractivity (Wildman–Crippen MR) is 167 cm³/mol. The van der Waals surface area contributed by atoms with Crippen LogP contribution in [0, 0.1) is 25.5 Å². The van der Waals surface area contributed by atoms with Gasteiger partial charge in [-0.2, -0.15) is 0 Å². The first-order valence-electron chi connectivity index (χ1n) is 14.0. The maximum atomic E-state index is 14.4. The van der Waals surface area contributed by atoms with E-state index in [0.29, 0.717) is 57.7 Å². The smallest absolute Gasteiger partial charge is 0.267 e. The Morgan fingerprint density at radius 2 is 1.87 bits per heavy atom. The van der Waals surface area contributed by atoms with E-state index in [9.17, 15) is 18.4 Å². The van der Waals surface area contributed by atoms with Gasteiger partial charge in [-0.1, -0.05) is 11.2 Å². The number of imidazole rings is 1. The fourth-order valence-electron chi connectivity index (χ4n) is 5.63. The molecule has 45 heavy (non-hydrogen) atoms. The molecule has 0 spiro atoms. The number of fused-ring (bicyclic) bond motifs is 1. The monoisotopic (exact) mass is 640 g/mol. The minimum absolute atomic E-state index is 0.148. The third-order valence-electron chi connectivity index (χ3n) is 7.71. The Morgan fingerprint density at radius 3 is 2.58 bits per heavy atom. The van der Waals surface area contributed by atoms with Crippen LogP contribution in [-0.2, 0) is 4.79 Å². The number of halogens is 2. The number of anilines is 1. The van der Waals surface area contributed by atoms with E-state index in [1.807, 2.05) is 42.0 Å². The first-order chi connectivity index (χ1) is 21.7. The molecule has 0 aliphatic carbocycles. The summed E-state index contributed by atoms with van der Waals surface area (Å²) in [6, 6.07) is 13.3. The lowest BCUT2D eigenvalue weighted by Crippen LogP contribution is -2.57. The summed E-state index contributed by atoms with van der Waals surface area (Å²) in [5.41, 5.74) is 11.7. The number of thiazole rings is 1. The van der Waals surface area contributed by atoms with Crippen LogP contribution in [0.1, 0.15) is 34.8 Å². The fourth-order valence-corrected chi connectivity index (χ4v) is 9.31. The maximum Gasteiger partial charge on any atom is 0.267 e. The third-order valence-corrected chi connectivity index (χ3v) is 11.3. The Kier molecular flexibility index (Phi) is 7.09. The molecule has 1 saturated heterocycles. The molecular weight excluding hydrogens is 617 g/mol. The number of primary amides is 1. The Morgan fingerprint density at radius 1 is 1.04 bits per heavy atom. The van der Waals surface area contributed by atoms with E-state index < -0.39 is 26.5 Å². The van der Waals surface area contributed by atoms with Gasteiger partial charge in [0.15, 0.2) is 16.8 Å². The van der Waals surface area contributed by atoms with Crippen LogP contribution in [0.15, 0.2) is 64.6 Å². The number of aromatic nitrogens is 5. The lowest BCUT2D eigenvalue weighted by Gasteiger charge is -2.33. The number of hydrogen-bond acceptors (Lipinski definition) is 8. The first-order valence-corrected chi connectivity index (χ1v) is 16.5. The van der Waals surface area contributed by atoms with Crippen molar-refractivity contribution >= 4 is 54.3 Å². The van der Waals surface area contributed by atoms with Crippen LogP contribution in [0.25, 0.3) is 38.5 Å². The Balaban J connectivity index is 1.40. The van der Waals surface area contributed by atoms with E-state index in [0.717, 1.165) is 34.5 Å². The van der Waals surface area contributed by atoms with Gasteiger partial charge in [-0.15, -0.1) is 11.3 Å². The zero-order valence-electron chi connectivity index (χ0n) is 24.0. The second kappa shape index (κ2) is 11.1. The molecule has 2 amide bonds. The Hall–Kier alpha value is -5.08. The highest BCUT2D eigenvalue weighted by Crippen LogP contribution is 2.33. The molecule has 1 radical (unpaired) electrons. The highest BCUT2D eigenvalue weighted by atomic mass is 32.1. The molecule has 2 N–H and O–H groups in total. The van der Waals surface area contributed by atoms with Crippen molar-refractivity contribution in [1.29, 1.82) is 0 Å². The number of carbonyl (C=O) groups is 2. The molecule has 0 saturated carbocycles. The molecule has 1 aliphatic rings. The predicted octanol–water partition coefficient (Wildman–Crippen LogP) is 5.22. The van der Waals surface area contributed by atoms with Crippen LogP contribution in [0.4, 0.5) is 14.5 Å². The summed E-state index contributed by atoms with van der Waals surface area (Å²) in [6.45, 7) is 3.73. The SMILES string of the molecule is Cc1noc(C)c1-c1ccc2c(c1)nc([Si]1CCCC(=O)N1c1ccc(F)c(F)c1)n2-c1nc(-c2ccc(C(N)=O)nc2)cs1. The molecule has 4 aromatic heterocycles. The topological polar surface area (TPSA) is 133 Å². The van der Waals surface area contributed by atoms with Crippen molar-refractivity contribution in [2.75, 3.05) is 4.57 Å². The zero-order chi connectivity index (χ0) is 31.4. The van der Waals surface area contributed by atoms with E-state index in [-0.39, 0.29) is 11.6 Å². The molecule has 7 rings (SSSR count). The van der Waals surface area contributed by atoms with Gasteiger partial charge in [-0.3, -0.25) is 19.1 Å². The van der Waals surface area contributed by atoms with Gasteiger partial charge in [-0.05, 0) is 74.3 Å². The summed E-state index contributed by atoms with van der Waals surface area (Å²) in [6.07, 6.45) is 2.47. The minimum Gasteiger partial charge on any atom is -0.364 e. The quantitative estimate of drug-likeness (QED) is 0.247. The van der Waals surface area contributed by atoms with Crippen LogP contribution >= 0.6 is 11.3 Å². The molecule has 10 nitrogen and oxygen atoms in total. The third kappa shape index (κ3) is 5.01. The van der Waals surface area contributed by atoms with Crippen LogP contribution in [0.5, 0.6) is 0 Å². The van der Waals surface area contributed by atoms with E-state index >= 15 is 0 Å². The Bertz CT molecular complexity index is 2110. The maximum absolute atomic E-state index is 14.4. The van der Waals surface area contributed by atoms with E-state index in [1.165, 1.54) is 17.4 Å². The van der Waals surface area contributed by atoms with Crippen LogP contribution in [0.3, 0.4) is 0 Å². The molecule has 0 atom stereocenters. The highest BCUT2D eigenvalue weighted by Gasteiger charge is 2.38. The number of amides is 2.